The predicted molar refractivity (Wildman–Crippen MR) is 87.4 cm³/mol. The molecule has 3 heteroatoms. The van der Waals surface area contributed by atoms with Crippen LogP contribution >= 0.6 is 11.6 Å². The van der Waals surface area contributed by atoms with Crippen LogP contribution in [0.3, 0.4) is 0 Å². The smallest absolute Gasteiger partial charge is 0.197 e. The quantitative estimate of drug-likeness (QED) is 0.471. The van der Waals surface area contributed by atoms with E-state index in [1.165, 1.54) is 51.4 Å². The van der Waals surface area contributed by atoms with Crippen molar-refractivity contribution in [1.82, 2.24) is 5.32 Å². The van der Waals surface area contributed by atoms with Crippen LogP contribution < -0.4 is 5.32 Å². The van der Waals surface area contributed by atoms with Crippen LogP contribution in [0.15, 0.2) is 16.7 Å². The van der Waals surface area contributed by atoms with E-state index in [0.29, 0.717) is 11.3 Å². The number of nitrogens with one attached hydrogen (secondary N) is 1. The summed E-state index contributed by atoms with van der Waals surface area (Å²) in [4.78, 5) is 0. The van der Waals surface area contributed by atoms with E-state index in [-0.39, 0.29) is 0 Å². The van der Waals surface area contributed by atoms with Gasteiger partial charge in [-0.1, -0.05) is 65.2 Å². The largest absolute Gasteiger partial charge is 0.453 e. The van der Waals surface area contributed by atoms with E-state index in [4.69, 9.17) is 16.0 Å². The molecule has 1 heterocycles. The van der Waals surface area contributed by atoms with Gasteiger partial charge in [-0.25, -0.2) is 0 Å². The van der Waals surface area contributed by atoms with Crippen molar-refractivity contribution in [2.45, 2.75) is 77.7 Å². The van der Waals surface area contributed by atoms with E-state index in [0.717, 1.165) is 18.5 Å². The Morgan fingerprint density at radius 1 is 1.05 bits per heavy atom. The summed E-state index contributed by atoms with van der Waals surface area (Å²) in [5.41, 5.74) is 1.11. The minimum absolute atomic E-state index is 0.339. The molecule has 0 radical (unpaired) electrons. The fourth-order valence-electron chi connectivity index (χ4n) is 2.65. The summed E-state index contributed by atoms with van der Waals surface area (Å²) in [6.07, 6.45) is 13.7. The SMILES string of the molecule is CCCCCCCCCCC(NCC)c1ccoc1Cl. The molecule has 0 amide bonds. The van der Waals surface area contributed by atoms with Crippen LogP contribution in [0.4, 0.5) is 0 Å². The lowest BCUT2D eigenvalue weighted by atomic mass is 10.0. The molecule has 1 N–H and O–H groups in total. The fourth-order valence-corrected chi connectivity index (χ4v) is 2.90. The summed E-state index contributed by atoms with van der Waals surface area (Å²) in [5.74, 6) is 0. The number of unbranched alkanes of at least 4 members (excludes halogenated alkanes) is 7. The van der Waals surface area contributed by atoms with Crippen molar-refractivity contribution < 1.29 is 4.42 Å². The van der Waals surface area contributed by atoms with Crippen LogP contribution in [0.5, 0.6) is 0 Å². The predicted octanol–water partition coefficient (Wildman–Crippen LogP) is 6.11. The zero-order chi connectivity index (χ0) is 14.6. The second kappa shape index (κ2) is 11.2. The second-order valence-electron chi connectivity index (χ2n) is 5.52. The summed E-state index contributed by atoms with van der Waals surface area (Å²) in [6, 6.07) is 2.33. The maximum absolute atomic E-state index is 6.07. The summed E-state index contributed by atoms with van der Waals surface area (Å²) in [5, 5.41) is 4.04. The van der Waals surface area contributed by atoms with Gasteiger partial charge >= 0.3 is 0 Å². The Labute approximate surface area is 129 Å². The molecule has 1 unspecified atom stereocenters. The van der Waals surface area contributed by atoms with E-state index in [9.17, 15) is 0 Å². The highest BCUT2D eigenvalue weighted by molar-refractivity contribution is 6.29. The Morgan fingerprint density at radius 3 is 2.25 bits per heavy atom. The van der Waals surface area contributed by atoms with E-state index in [1.807, 2.05) is 6.07 Å². The van der Waals surface area contributed by atoms with Gasteiger partial charge in [0.1, 0.15) is 0 Å². The van der Waals surface area contributed by atoms with Gasteiger partial charge in [0, 0.05) is 11.6 Å². The minimum Gasteiger partial charge on any atom is -0.453 e. The second-order valence-corrected chi connectivity index (χ2v) is 5.87. The molecule has 0 spiro atoms. The van der Waals surface area contributed by atoms with Crippen molar-refractivity contribution in [3.63, 3.8) is 0 Å². The number of hydrogen-bond donors (Lipinski definition) is 1. The van der Waals surface area contributed by atoms with Crippen molar-refractivity contribution in [2.24, 2.45) is 0 Å². The molecule has 0 aliphatic rings. The zero-order valence-corrected chi connectivity index (χ0v) is 13.8. The van der Waals surface area contributed by atoms with E-state index >= 15 is 0 Å². The monoisotopic (exact) mass is 299 g/mol. The third kappa shape index (κ3) is 6.81. The van der Waals surface area contributed by atoms with Gasteiger partial charge in [-0.3, -0.25) is 0 Å². The fraction of sp³-hybridized carbons (Fsp3) is 0.765. The van der Waals surface area contributed by atoms with Gasteiger partial charge in [0.2, 0.25) is 0 Å². The van der Waals surface area contributed by atoms with Crippen molar-refractivity contribution in [3.05, 3.63) is 23.1 Å². The number of halogens is 1. The topological polar surface area (TPSA) is 25.2 Å². The molecule has 0 aliphatic heterocycles. The Hall–Kier alpha value is -0.470. The third-order valence-electron chi connectivity index (χ3n) is 3.82. The van der Waals surface area contributed by atoms with Gasteiger partial charge in [-0.05, 0) is 30.6 Å². The first-order valence-electron chi connectivity index (χ1n) is 8.25. The van der Waals surface area contributed by atoms with Crippen LogP contribution in [-0.2, 0) is 0 Å². The molecule has 1 atom stereocenters. The highest BCUT2D eigenvalue weighted by Gasteiger charge is 2.15. The molecule has 0 aromatic carbocycles. The molecule has 0 bridgehead atoms. The maximum atomic E-state index is 6.07. The maximum Gasteiger partial charge on any atom is 0.197 e. The van der Waals surface area contributed by atoms with E-state index in [2.05, 4.69) is 19.2 Å². The van der Waals surface area contributed by atoms with Crippen LogP contribution in [0, 0.1) is 0 Å². The number of hydrogen-bond acceptors (Lipinski definition) is 2. The molecule has 1 aromatic heterocycles. The molecule has 0 fully saturated rings. The lowest BCUT2D eigenvalue weighted by Crippen LogP contribution is -2.20. The zero-order valence-electron chi connectivity index (χ0n) is 13.1. The first-order chi connectivity index (χ1) is 9.79. The highest BCUT2D eigenvalue weighted by atomic mass is 35.5. The van der Waals surface area contributed by atoms with E-state index in [1.54, 1.807) is 6.26 Å². The lowest BCUT2D eigenvalue weighted by Gasteiger charge is -2.16. The molecule has 2 nitrogen and oxygen atoms in total. The van der Waals surface area contributed by atoms with E-state index < -0.39 is 0 Å². The minimum atomic E-state index is 0.339. The third-order valence-corrected chi connectivity index (χ3v) is 4.13. The van der Waals surface area contributed by atoms with Crippen molar-refractivity contribution in [3.8, 4) is 0 Å². The molecule has 116 valence electrons. The Balaban J connectivity index is 2.16. The lowest BCUT2D eigenvalue weighted by molar-refractivity contribution is 0.469. The van der Waals surface area contributed by atoms with Crippen LogP contribution in [-0.4, -0.2) is 6.54 Å². The van der Waals surface area contributed by atoms with Crippen LogP contribution in [0.1, 0.15) is 83.2 Å². The Kier molecular flexibility index (Phi) is 9.86. The summed E-state index contributed by atoms with van der Waals surface area (Å²) >= 11 is 6.07. The average molecular weight is 300 g/mol. The number of furan rings is 1. The van der Waals surface area contributed by atoms with Crippen LogP contribution in [0.25, 0.3) is 0 Å². The van der Waals surface area contributed by atoms with Crippen LogP contribution in [0.2, 0.25) is 5.22 Å². The first-order valence-corrected chi connectivity index (χ1v) is 8.63. The molecule has 1 aromatic rings. The van der Waals surface area contributed by atoms with Gasteiger partial charge < -0.3 is 9.73 Å². The molecule has 0 aliphatic carbocycles. The van der Waals surface area contributed by atoms with Gasteiger partial charge in [0.15, 0.2) is 5.22 Å². The van der Waals surface area contributed by atoms with Crippen molar-refractivity contribution in [1.29, 1.82) is 0 Å². The first kappa shape index (κ1) is 17.6. The van der Waals surface area contributed by atoms with Crippen molar-refractivity contribution in [2.75, 3.05) is 6.54 Å². The molecule has 1 rings (SSSR count). The summed E-state index contributed by atoms with van der Waals surface area (Å²) in [7, 11) is 0. The normalized spacial score (nSPS) is 12.8. The average Bonchev–Trinajstić information content (AvgIpc) is 2.87. The van der Waals surface area contributed by atoms with Crippen molar-refractivity contribution >= 4 is 11.6 Å². The Bertz CT molecular complexity index is 337. The standard InChI is InChI=1S/C17H30ClNO/c1-3-5-6-7-8-9-10-11-12-16(19-4-2)15-13-14-20-17(15)18/h13-14,16,19H,3-12H2,1-2H3. The van der Waals surface area contributed by atoms with Gasteiger partial charge in [-0.15, -0.1) is 0 Å². The molecular weight excluding hydrogens is 270 g/mol. The summed E-state index contributed by atoms with van der Waals surface area (Å²) in [6.45, 7) is 5.36. The molecule has 20 heavy (non-hydrogen) atoms. The number of rotatable bonds is 12. The molecular formula is C17H30ClNO. The Morgan fingerprint density at radius 2 is 1.70 bits per heavy atom. The highest BCUT2D eigenvalue weighted by Crippen LogP contribution is 2.27. The molecule has 0 saturated carbocycles. The summed E-state index contributed by atoms with van der Waals surface area (Å²) < 4.78 is 5.20. The van der Waals surface area contributed by atoms with Gasteiger partial charge in [0.25, 0.3) is 0 Å². The molecule has 0 saturated heterocycles. The van der Waals surface area contributed by atoms with Gasteiger partial charge in [0.05, 0.1) is 6.26 Å². The van der Waals surface area contributed by atoms with Gasteiger partial charge in [-0.2, -0.15) is 0 Å².